The van der Waals surface area contributed by atoms with Crippen molar-refractivity contribution in [1.82, 2.24) is 24.8 Å². The Kier molecular flexibility index (Phi) is 5.61. The summed E-state index contributed by atoms with van der Waals surface area (Å²) < 4.78 is 34.3. The highest BCUT2D eigenvalue weighted by molar-refractivity contribution is 6.04. The third-order valence-electron chi connectivity index (χ3n) is 7.21. The van der Waals surface area contributed by atoms with Crippen molar-refractivity contribution >= 4 is 22.1 Å². The second-order valence-electron chi connectivity index (χ2n) is 10.2. The van der Waals surface area contributed by atoms with Crippen LogP contribution in [-0.2, 0) is 10.3 Å². The van der Waals surface area contributed by atoms with E-state index in [1.54, 1.807) is 32.3 Å². The van der Waals surface area contributed by atoms with E-state index in [1.807, 2.05) is 24.5 Å². The number of aryl methyl sites for hydroxylation is 2. The summed E-state index contributed by atoms with van der Waals surface area (Å²) >= 11 is 0. The van der Waals surface area contributed by atoms with Gasteiger partial charge in [0.1, 0.15) is 33.9 Å². The summed E-state index contributed by atoms with van der Waals surface area (Å²) in [5, 5.41) is 19.4. The maximum absolute atomic E-state index is 15.4. The Balaban J connectivity index is 1.72. The number of halogens is 1. The maximum Gasteiger partial charge on any atom is 0.211 e. The third-order valence-corrected chi connectivity index (χ3v) is 7.21. The van der Waals surface area contributed by atoms with Crippen molar-refractivity contribution in [2.45, 2.75) is 52.2 Å². The SMILES string of the molecule is Cc1noc(C)c1-c1cnc2c3onc(C(C)(C)O)c3n(C(c3ncccc3F)C3CCOCC3)c2c1. The normalized spacial score (nSPS) is 16.2. The molecule has 1 aliphatic heterocycles. The second kappa shape index (κ2) is 8.74. The highest BCUT2D eigenvalue weighted by atomic mass is 19.1. The van der Waals surface area contributed by atoms with E-state index in [0.717, 1.165) is 35.2 Å². The summed E-state index contributed by atoms with van der Waals surface area (Å²) in [6.07, 6.45) is 4.80. The van der Waals surface area contributed by atoms with Crippen molar-refractivity contribution in [3.8, 4) is 11.1 Å². The van der Waals surface area contributed by atoms with Crippen molar-refractivity contribution in [2.24, 2.45) is 5.92 Å². The first-order valence-electron chi connectivity index (χ1n) is 12.4. The second-order valence-corrected chi connectivity index (χ2v) is 10.2. The van der Waals surface area contributed by atoms with E-state index in [9.17, 15) is 5.11 Å². The summed E-state index contributed by atoms with van der Waals surface area (Å²) in [6.45, 7) is 8.19. The van der Waals surface area contributed by atoms with Gasteiger partial charge in [-0.25, -0.2) is 9.37 Å². The lowest BCUT2D eigenvalue weighted by Gasteiger charge is -2.32. The summed E-state index contributed by atoms with van der Waals surface area (Å²) in [5.41, 5.74) is 4.08. The molecule has 0 amide bonds. The van der Waals surface area contributed by atoms with Crippen molar-refractivity contribution in [3.63, 3.8) is 0 Å². The average Bonchev–Trinajstić information content (AvgIpc) is 3.54. The molecule has 5 aromatic rings. The van der Waals surface area contributed by atoms with Crippen LogP contribution < -0.4 is 0 Å². The van der Waals surface area contributed by atoms with Gasteiger partial charge in [0.15, 0.2) is 0 Å². The highest BCUT2D eigenvalue weighted by Gasteiger charge is 2.37. The number of aliphatic hydroxyl groups is 1. The van der Waals surface area contributed by atoms with Crippen LogP contribution in [0.25, 0.3) is 33.3 Å². The van der Waals surface area contributed by atoms with E-state index in [1.165, 1.54) is 6.07 Å². The molecule has 1 saturated heterocycles. The van der Waals surface area contributed by atoms with Crippen LogP contribution in [0.3, 0.4) is 0 Å². The Bertz CT molecular complexity index is 1590. The Morgan fingerprint density at radius 1 is 1.14 bits per heavy atom. The Morgan fingerprint density at radius 2 is 1.92 bits per heavy atom. The van der Waals surface area contributed by atoms with E-state index in [0.29, 0.717) is 47.0 Å². The molecule has 0 saturated carbocycles. The van der Waals surface area contributed by atoms with Gasteiger partial charge in [-0.3, -0.25) is 4.98 Å². The predicted octanol–water partition coefficient (Wildman–Crippen LogP) is 5.23. The summed E-state index contributed by atoms with van der Waals surface area (Å²) in [4.78, 5) is 9.27. The van der Waals surface area contributed by atoms with Gasteiger partial charge in [-0.15, -0.1) is 0 Å². The molecule has 192 valence electrons. The Hall–Kier alpha value is -3.63. The van der Waals surface area contributed by atoms with Gasteiger partial charge in [-0.1, -0.05) is 10.3 Å². The molecule has 0 bridgehead atoms. The van der Waals surface area contributed by atoms with E-state index in [-0.39, 0.29) is 5.92 Å². The van der Waals surface area contributed by atoms with Crippen molar-refractivity contribution in [2.75, 3.05) is 13.2 Å². The number of pyridine rings is 2. The van der Waals surface area contributed by atoms with Crippen LogP contribution in [0.4, 0.5) is 4.39 Å². The fourth-order valence-corrected chi connectivity index (χ4v) is 5.52. The molecule has 10 heteroatoms. The molecule has 1 aliphatic rings. The molecule has 6 rings (SSSR count). The van der Waals surface area contributed by atoms with Crippen LogP contribution in [0.15, 0.2) is 39.6 Å². The van der Waals surface area contributed by atoms with Gasteiger partial charge in [0.05, 0.1) is 22.9 Å². The van der Waals surface area contributed by atoms with Crippen LogP contribution in [0, 0.1) is 25.6 Å². The lowest BCUT2D eigenvalue weighted by Crippen LogP contribution is -2.29. The van der Waals surface area contributed by atoms with Crippen molar-refractivity contribution in [3.05, 3.63) is 59.3 Å². The minimum absolute atomic E-state index is 0.0178. The van der Waals surface area contributed by atoms with Crippen LogP contribution in [0.5, 0.6) is 0 Å². The molecule has 0 aliphatic carbocycles. The van der Waals surface area contributed by atoms with Crippen molar-refractivity contribution < 1.29 is 23.3 Å². The monoisotopic (exact) mass is 505 g/mol. The van der Waals surface area contributed by atoms with Crippen LogP contribution in [-0.4, -0.2) is 43.2 Å². The van der Waals surface area contributed by atoms with E-state index in [2.05, 4.69) is 15.3 Å². The molecule has 1 unspecified atom stereocenters. The van der Waals surface area contributed by atoms with Gasteiger partial charge in [-0.05, 0) is 64.7 Å². The molecule has 0 radical (unpaired) electrons. The van der Waals surface area contributed by atoms with Gasteiger partial charge >= 0.3 is 0 Å². The summed E-state index contributed by atoms with van der Waals surface area (Å²) in [5.74, 6) is 0.297. The maximum atomic E-state index is 15.4. The molecule has 1 fully saturated rings. The first kappa shape index (κ1) is 23.7. The molecular weight excluding hydrogens is 477 g/mol. The molecule has 37 heavy (non-hydrogen) atoms. The van der Waals surface area contributed by atoms with Crippen LogP contribution in [0.1, 0.15) is 55.6 Å². The van der Waals surface area contributed by atoms with Gasteiger partial charge in [-0.2, -0.15) is 0 Å². The van der Waals surface area contributed by atoms with Gasteiger partial charge in [0.25, 0.3) is 0 Å². The first-order chi connectivity index (χ1) is 17.8. The average molecular weight is 506 g/mol. The smallest absolute Gasteiger partial charge is 0.211 e. The zero-order chi connectivity index (χ0) is 25.9. The van der Waals surface area contributed by atoms with Crippen LogP contribution >= 0.6 is 0 Å². The number of aromatic nitrogens is 5. The summed E-state index contributed by atoms with van der Waals surface area (Å²) in [6, 6.07) is 4.50. The molecule has 0 spiro atoms. The molecule has 0 aromatic carbocycles. The zero-order valence-corrected chi connectivity index (χ0v) is 21.2. The fourth-order valence-electron chi connectivity index (χ4n) is 5.52. The zero-order valence-electron chi connectivity index (χ0n) is 21.2. The minimum Gasteiger partial charge on any atom is -0.384 e. The quantitative estimate of drug-likeness (QED) is 0.346. The molecule has 5 aromatic heterocycles. The number of hydrogen-bond donors (Lipinski definition) is 1. The fraction of sp³-hybridized carbons (Fsp3) is 0.407. The van der Waals surface area contributed by atoms with Gasteiger partial charge in [0, 0.05) is 36.7 Å². The Labute approximate surface area is 212 Å². The molecular formula is C27H28FN5O4. The summed E-state index contributed by atoms with van der Waals surface area (Å²) in [7, 11) is 0. The van der Waals surface area contributed by atoms with E-state index < -0.39 is 17.5 Å². The molecule has 1 N–H and O–H groups in total. The lowest BCUT2D eigenvalue weighted by molar-refractivity contribution is 0.0537. The van der Waals surface area contributed by atoms with E-state index >= 15 is 4.39 Å². The van der Waals surface area contributed by atoms with Crippen molar-refractivity contribution in [1.29, 1.82) is 0 Å². The molecule has 1 atom stereocenters. The Morgan fingerprint density at radius 3 is 2.59 bits per heavy atom. The van der Waals surface area contributed by atoms with E-state index in [4.69, 9.17) is 18.8 Å². The molecule has 9 nitrogen and oxygen atoms in total. The number of fused-ring (bicyclic) bond motifs is 3. The lowest BCUT2D eigenvalue weighted by atomic mass is 9.88. The molecule has 6 heterocycles. The topological polar surface area (TPSA) is 112 Å². The number of ether oxygens (including phenoxy) is 1. The number of hydrogen-bond acceptors (Lipinski definition) is 8. The minimum atomic E-state index is -1.31. The number of nitrogens with zero attached hydrogens (tertiary/aromatic N) is 5. The standard InChI is InChI=1S/C27H28FN5O4/c1-14-20(15(2)36-31-14)17-12-19-22(30-13-17)25-24(26(32-37-25)27(3,4)34)33(19)23(16-7-10-35-11-8-16)21-18(28)6-5-9-29-21/h5-6,9,12-13,16,23,34H,7-8,10-11H2,1-4H3. The van der Waals surface area contributed by atoms with Gasteiger partial charge < -0.3 is 23.5 Å². The van der Waals surface area contributed by atoms with Crippen LogP contribution in [0.2, 0.25) is 0 Å². The predicted molar refractivity (Wildman–Crippen MR) is 133 cm³/mol. The highest BCUT2D eigenvalue weighted by Crippen LogP contribution is 2.44. The number of rotatable bonds is 5. The van der Waals surface area contributed by atoms with Gasteiger partial charge in [0.2, 0.25) is 5.58 Å². The third kappa shape index (κ3) is 3.82. The largest absolute Gasteiger partial charge is 0.384 e. The first-order valence-corrected chi connectivity index (χ1v) is 12.4.